The van der Waals surface area contributed by atoms with Crippen molar-refractivity contribution in [2.24, 2.45) is 0 Å². The number of pyridine rings is 1. The van der Waals surface area contributed by atoms with Gasteiger partial charge in [0.15, 0.2) is 11.5 Å². The van der Waals surface area contributed by atoms with E-state index in [0.29, 0.717) is 24.6 Å². The molecule has 1 aromatic carbocycles. The molecule has 1 saturated heterocycles. The van der Waals surface area contributed by atoms with E-state index >= 15 is 0 Å². The molecule has 0 aliphatic carbocycles. The van der Waals surface area contributed by atoms with Gasteiger partial charge in [0, 0.05) is 12.3 Å². The summed E-state index contributed by atoms with van der Waals surface area (Å²) in [4.78, 5) is 17.9. The molecule has 1 fully saturated rings. The summed E-state index contributed by atoms with van der Waals surface area (Å²) in [6.07, 6.45) is -5.26. The van der Waals surface area contributed by atoms with Crippen LogP contribution in [0.5, 0.6) is 17.4 Å². The molecule has 0 saturated carbocycles. The van der Waals surface area contributed by atoms with Gasteiger partial charge >= 0.3 is 6.18 Å². The molecule has 2 unspecified atom stereocenters. The van der Waals surface area contributed by atoms with Crippen molar-refractivity contribution >= 4 is 5.91 Å². The molecule has 0 bridgehead atoms. The number of fused-ring (bicyclic) bond motifs is 1. The Labute approximate surface area is 158 Å². The van der Waals surface area contributed by atoms with E-state index in [1.807, 2.05) is 6.07 Å². The molecular weight excluding hydrogens is 377 g/mol. The molecule has 2 atom stereocenters. The van der Waals surface area contributed by atoms with E-state index in [1.165, 1.54) is 6.07 Å². The molecule has 4 rings (SSSR count). The van der Waals surface area contributed by atoms with Gasteiger partial charge in [0.05, 0.1) is 18.7 Å². The number of carbonyl (C=O) groups is 1. The highest BCUT2D eigenvalue weighted by Gasteiger charge is 2.42. The summed E-state index contributed by atoms with van der Waals surface area (Å²) in [5.41, 5.74) is -0.839. The quantitative estimate of drug-likeness (QED) is 0.801. The van der Waals surface area contributed by atoms with E-state index in [0.717, 1.165) is 12.3 Å². The first-order chi connectivity index (χ1) is 13.3. The number of hydrogen-bond donors (Lipinski definition) is 0. The van der Waals surface area contributed by atoms with Crippen molar-refractivity contribution < 1.29 is 32.2 Å². The number of alkyl halides is 3. The van der Waals surface area contributed by atoms with Gasteiger partial charge in [-0.25, -0.2) is 4.98 Å². The van der Waals surface area contributed by atoms with Crippen molar-refractivity contribution in [2.45, 2.75) is 31.4 Å². The van der Waals surface area contributed by atoms with E-state index < -0.39 is 23.9 Å². The summed E-state index contributed by atoms with van der Waals surface area (Å²) in [6, 6.07) is 9.21. The SMILES string of the molecule is CC1Oc2ccccc2OC1C(=O)N1CC(Oc2ccc(C(F)(F)F)cn2)C1. The number of amides is 1. The van der Waals surface area contributed by atoms with Gasteiger partial charge in [-0.3, -0.25) is 4.79 Å². The summed E-state index contributed by atoms with van der Waals surface area (Å²) < 4.78 is 54.7. The fourth-order valence-corrected chi connectivity index (χ4v) is 3.05. The van der Waals surface area contributed by atoms with Crippen LogP contribution >= 0.6 is 0 Å². The van der Waals surface area contributed by atoms with Gasteiger partial charge in [-0.05, 0) is 25.1 Å². The minimum Gasteiger partial charge on any atom is -0.482 e. The van der Waals surface area contributed by atoms with Crippen LogP contribution in [0.25, 0.3) is 0 Å². The molecule has 2 aromatic rings. The summed E-state index contributed by atoms with van der Waals surface area (Å²) >= 11 is 0. The number of likely N-dealkylation sites (tertiary alicyclic amines) is 1. The Bertz CT molecular complexity index is 866. The third kappa shape index (κ3) is 3.56. The highest BCUT2D eigenvalue weighted by molar-refractivity contribution is 5.83. The molecule has 1 amide bonds. The average Bonchev–Trinajstić information content (AvgIpc) is 2.63. The molecule has 0 N–H and O–H groups in total. The number of rotatable bonds is 3. The lowest BCUT2D eigenvalue weighted by atomic mass is 10.1. The summed E-state index contributed by atoms with van der Waals surface area (Å²) in [7, 11) is 0. The third-order valence-electron chi connectivity index (χ3n) is 4.60. The molecule has 2 aliphatic rings. The van der Waals surface area contributed by atoms with Crippen LogP contribution < -0.4 is 14.2 Å². The van der Waals surface area contributed by atoms with Crippen molar-refractivity contribution in [1.29, 1.82) is 0 Å². The molecular formula is C19H17F3N2O4. The maximum absolute atomic E-state index is 12.7. The third-order valence-corrected chi connectivity index (χ3v) is 4.60. The second kappa shape index (κ2) is 6.88. The second-order valence-electron chi connectivity index (χ2n) is 6.67. The molecule has 1 aromatic heterocycles. The van der Waals surface area contributed by atoms with Crippen molar-refractivity contribution in [3.05, 3.63) is 48.2 Å². The van der Waals surface area contributed by atoms with Gasteiger partial charge in [0.1, 0.15) is 12.2 Å². The number of aromatic nitrogens is 1. The molecule has 28 heavy (non-hydrogen) atoms. The van der Waals surface area contributed by atoms with E-state index in [1.54, 1.807) is 30.0 Å². The Morgan fingerprint density at radius 1 is 1.14 bits per heavy atom. The molecule has 3 heterocycles. The molecule has 6 nitrogen and oxygen atoms in total. The first-order valence-corrected chi connectivity index (χ1v) is 8.72. The average molecular weight is 394 g/mol. The van der Waals surface area contributed by atoms with E-state index in [-0.39, 0.29) is 17.9 Å². The van der Waals surface area contributed by atoms with Crippen LogP contribution in [0, 0.1) is 0 Å². The van der Waals surface area contributed by atoms with Crippen LogP contribution in [0.4, 0.5) is 13.2 Å². The van der Waals surface area contributed by atoms with Crippen LogP contribution in [-0.4, -0.2) is 47.2 Å². The number of ether oxygens (including phenoxy) is 3. The Kier molecular flexibility index (Phi) is 4.52. The van der Waals surface area contributed by atoms with E-state index in [4.69, 9.17) is 14.2 Å². The summed E-state index contributed by atoms with van der Waals surface area (Å²) in [6.45, 7) is 2.37. The van der Waals surface area contributed by atoms with Gasteiger partial charge in [-0.1, -0.05) is 12.1 Å². The predicted molar refractivity (Wildman–Crippen MR) is 91.2 cm³/mol. The van der Waals surface area contributed by atoms with Gasteiger partial charge < -0.3 is 19.1 Å². The number of carbonyl (C=O) groups excluding carboxylic acids is 1. The monoisotopic (exact) mass is 394 g/mol. The zero-order chi connectivity index (χ0) is 19.9. The van der Waals surface area contributed by atoms with Crippen molar-refractivity contribution in [3.8, 4) is 17.4 Å². The second-order valence-corrected chi connectivity index (χ2v) is 6.67. The predicted octanol–water partition coefficient (Wildman–Crippen LogP) is 2.92. The minimum atomic E-state index is -4.44. The largest absolute Gasteiger partial charge is 0.482 e. The minimum absolute atomic E-state index is 0.0876. The maximum atomic E-state index is 12.7. The maximum Gasteiger partial charge on any atom is 0.417 e. The van der Waals surface area contributed by atoms with Crippen LogP contribution in [0.1, 0.15) is 12.5 Å². The number of nitrogens with zero attached hydrogens (tertiary/aromatic N) is 2. The van der Waals surface area contributed by atoms with E-state index in [9.17, 15) is 18.0 Å². The first kappa shape index (κ1) is 18.4. The lowest BCUT2D eigenvalue weighted by molar-refractivity contribution is -0.153. The number of benzene rings is 1. The van der Waals surface area contributed by atoms with Gasteiger partial charge in [0.25, 0.3) is 5.91 Å². The molecule has 0 spiro atoms. The molecule has 148 valence electrons. The fourth-order valence-electron chi connectivity index (χ4n) is 3.05. The lowest BCUT2D eigenvalue weighted by Gasteiger charge is -2.42. The number of halogens is 3. The summed E-state index contributed by atoms with van der Waals surface area (Å²) in [5.74, 6) is 0.977. The Hall–Kier alpha value is -2.97. The first-order valence-electron chi connectivity index (χ1n) is 8.72. The summed E-state index contributed by atoms with van der Waals surface area (Å²) in [5, 5.41) is 0. The highest BCUT2D eigenvalue weighted by atomic mass is 19.4. The highest BCUT2D eigenvalue weighted by Crippen LogP contribution is 2.34. The standard InChI is InChI=1S/C19H17F3N2O4/c1-11-17(28-15-5-3-2-4-14(15)26-11)18(25)24-9-13(10-24)27-16-7-6-12(8-23-16)19(20,21)22/h2-8,11,13,17H,9-10H2,1H3. The van der Waals surface area contributed by atoms with Crippen molar-refractivity contribution in [1.82, 2.24) is 9.88 Å². The smallest absolute Gasteiger partial charge is 0.417 e. The molecule has 9 heteroatoms. The normalized spacial score (nSPS) is 21.8. The van der Waals surface area contributed by atoms with Crippen molar-refractivity contribution in [2.75, 3.05) is 13.1 Å². The number of para-hydroxylation sites is 2. The zero-order valence-corrected chi connectivity index (χ0v) is 14.8. The van der Waals surface area contributed by atoms with Gasteiger partial charge in [-0.2, -0.15) is 13.2 Å². The van der Waals surface area contributed by atoms with Crippen LogP contribution in [-0.2, 0) is 11.0 Å². The Morgan fingerprint density at radius 3 is 2.43 bits per heavy atom. The lowest BCUT2D eigenvalue weighted by Crippen LogP contribution is -2.61. The van der Waals surface area contributed by atoms with Crippen LogP contribution in [0.3, 0.4) is 0 Å². The topological polar surface area (TPSA) is 60.9 Å². The van der Waals surface area contributed by atoms with Crippen LogP contribution in [0.15, 0.2) is 42.6 Å². The van der Waals surface area contributed by atoms with Crippen LogP contribution in [0.2, 0.25) is 0 Å². The Balaban J connectivity index is 1.32. The van der Waals surface area contributed by atoms with Gasteiger partial charge in [-0.15, -0.1) is 0 Å². The van der Waals surface area contributed by atoms with Crippen molar-refractivity contribution in [3.63, 3.8) is 0 Å². The number of hydrogen-bond acceptors (Lipinski definition) is 5. The fraction of sp³-hybridized carbons (Fsp3) is 0.368. The zero-order valence-electron chi connectivity index (χ0n) is 14.8. The Morgan fingerprint density at radius 2 is 1.82 bits per heavy atom. The molecule has 0 radical (unpaired) electrons. The van der Waals surface area contributed by atoms with E-state index in [2.05, 4.69) is 4.98 Å². The van der Waals surface area contributed by atoms with Gasteiger partial charge in [0.2, 0.25) is 12.0 Å². The molecule has 2 aliphatic heterocycles.